The smallest absolute Gasteiger partial charge is 0.127 e. The summed E-state index contributed by atoms with van der Waals surface area (Å²) >= 11 is 0. The van der Waals surface area contributed by atoms with Gasteiger partial charge in [0.2, 0.25) is 0 Å². The fourth-order valence-electron chi connectivity index (χ4n) is 1.70. The molecule has 1 rings (SSSR count). The van der Waals surface area contributed by atoms with Crippen molar-refractivity contribution in [3.8, 4) is 11.5 Å². The summed E-state index contributed by atoms with van der Waals surface area (Å²) in [5, 5.41) is 6.74. The molecule has 1 aromatic rings. The molecule has 2 N–H and O–H groups in total. The maximum Gasteiger partial charge on any atom is 0.127 e. The first-order valence-corrected chi connectivity index (χ1v) is 6.44. The van der Waals surface area contributed by atoms with Gasteiger partial charge in [0.15, 0.2) is 0 Å². The van der Waals surface area contributed by atoms with Gasteiger partial charge < -0.3 is 20.1 Å². The minimum atomic E-state index is 0.807. The molecule has 0 bridgehead atoms. The molecule has 0 aliphatic carbocycles. The van der Waals surface area contributed by atoms with Gasteiger partial charge in [-0.2, -0.15) is 0 Å². The van der Waals surface area contributed by atoms with Crippen LogP contribution in [0.5, 0.6) is 11.5 Å². The second-order valence-corrected chi connectivity index (χ2v) is 4.10. The molecule has 0 fully saturated rings. The first-order valence-electron chi connectivity index (χ1n) is 6.44. The van der Waals surface area contributed by atoms with Crippen LogP contribution < -0.4 is 20.1 Å². The molecular weight excluding hydrogens is 228 g/mol. The van der Waals surface area contributed by atoms with Crippen molar-refractivity contribution < 1.29 is 9.47 Å². The minimum Gasteiger partial charge on any atom is -0.497 e. The highest BCUT2D eigenvalue weighted by molar-refractivity contribution is 5.40. The summed E-state index contributed by atoms with van der Waals surface area (Å²) in [6.45, 7) is 6.00. The van der Waals surface area contributed by atoms with Crippen LogP contribution in [0.15, 0.2) is 18.2 Å². The number of nitrogens with one attached hydrogen (secondary N) is 2. The van der Waals surface area contributed by atoms with Crippen LogP contribution in [-0.4, -0.2) is 33.9 Å². The SMILES string of the molecule is CCCNCCNCc1ccc(OC)cc1OC. The van der Waals surface area contributed by atoms with Gasteiger partial charge in [0, 0.05) is 31.3 Å². The van der Waals surface area contributed by atoms with Crippen molar-refractivity contribution in [3.63, 3.8) is 0 Å². The van der Waals surface area contributed by atoms with E-state index in [1.165, 1.54) is 6.42 Å². The number of methoxy groups -OCH3 is 2. The third kappa shape index (κ3) is 4.94. The summed E-state index contributed by atoms with van der Waals surface area (Å²) in [6.07, 6.45) is 1.17. The van der Waals surface area contributed by atoms with E-state index in [1.54, 1.807) is 14.2 Å². The Kier molecular flexibility index (Phi) is 7.22. The highest BCUT2D eigenvalue weighted by Crippen LogP contribution is 2.24. The molecule has 0 aliphatic rings. The molecule has 0 radical (unpaired) electrons. The third-order valence-electron chi connectivity index (χ3n) is 2.72. The Morgan fingerprint density at radius 3 is 2.44 bits per heavy atom. The highest BCUT2D eigenvalue weighted by atomic mass is 16.5. The Balaban J connectivity index is 2.37. The van der Waals surface area contributed by atoms with Gasteiger partial charge in [-0.05, 0) is 19.0 Å². The predicted molar refractivity (Wildman–Crippen MR) is 74.4 cm³/mol. The molecule has 0 aliphatic heterocycles. The van der Waals surface area contributed by atoms with Crippen molar-refractivity contribution in [2.24, 2.45) is 0 Å². The Hall–Kier alpha value is -1.26. The predicted octanol–water partition coefficient (Wildman–Crippen LogP) is 1.79. The zero-order valence-corrected chi connectivity index (χ0v) is 11.6. The van der Waals surface area contributed by atoms with E-state index in [0.717, 1.165) is 43.2 Å². The van der Waals surface area contributed by atoms with Gasteiger partial charge in [-0.15, -0.1) is 0 Å². The number of benzene rings is 1. The van der Waals surface area contributed by atoms with E-state index in [2.05, 4.69) is 17.6 Å². The van der Waals surface area contributed by atoms with Gasteiger partial charge in [-0.25, -0.2) is 0 Å². The second kappa shape index (κ2) is 8.78. The van der Waals surface area contributed by atoms with Crippen molar-refractivity contribution in [1.82, 2.24) is 10.6 Å². The molecule has 4 heteroatoms. The monoisotopic (exact) mass is 252 g/mol. The van der Waals surface area contributed by atoms with Gasteiger partial charge in [0.25, 0.3) is 0 Å². The summed E-state index contributed by atoms with van der Waals surface area (Å²) in [5.41, 5.74) is 1.15. The lowest BCUT2D eigenvalue weighted by Crippen LogP contribution is -2.27. The molecule has 4 nitrogen and oxygen atoms in total. The van der Waals surface area contributed by atoms with Crippen LogP contribution in [0, 0.1) is 0 Å². The second-order valence-electron chi connectivity index (χ2n) is 4.10. The molecule has 18 heavy (non-hydrogen) atoms. The fourth-order valence-corrected chi connectivity index (χ4v) is 1.70. The summed E-state index contributed by atoms with van der Waals surface area (Å²) in [5.74, 6) is 1.68. The molecule has 0 heterocycles. The van der Waals surface area contributed by atoms with E-state index in [4.69, 9.17) is 9.47 Å². The van der Waals surface area contributed by atoms with E-state index in [-0.39, 0.29) is 0 Å². The normalized spacial score (nSPS) is 10.4. The summed E-state index contributed by atoms with van der Waals surface area (Å²) in [4.78, 5) is 0. The maximum absolute atomic E-state index is 5.35. The lowest BCUT2D eigenvalue weighted by atomic mass is 10.2. The van der Waals surface area contributed by atoms with Gasteiger partial charge >= 0.3 is 0 Å². The maximum atomic E-state index is 5.35. The standard InChI is InChI=1S/C14H24N2O2/c1-4-7-15-8-9-16-11-12-5-6-13(17-2)10-14(12)18-3/h5-6,10,15-16H,4,7-9,11H2,1-3H3. The van der Waals surface area contributed by atoms with Crippen LogP contribution in [0.1, 0.15) is 18.9 Å². The molecular formula is C14H24N2O2. The number of hydrogen-bond acceptors (Lipinski definition) is 4. The van der Waals surface area contributed by atoms with Crippen molar-refractivity contribution in [1.29, 1.82) is 0 Å². The molecule has 0 saturated heterocycles. The quantitative estimate of drug-likeness (QED) is 0.658. The Morgan fingerprint density at radius 2 is 1.78 bits per heavy atom. The van der Waals surface area contributed by atoms with Crippen LogP contribution in [0.25, 0.3) is 0 Å². The lowest BCUT2D eigenvalue weighted by molar-refractivity contribution is 0.390. The van der Waals surface area contributed by atoms with Crippen LogP contribution in [0.4, 0.5) is 0 Å². The molecule has 0 amide bonds. The average molecular weight is 252 g/mol. The van der Waals surface area contributed by atoms with E-state index < -0.39 is 0 Å². The fraction of sp³-hybridized carbons (Fsp3) is 0.571. The highest BCUT2D eigenvalue weighted by Gasteiger charge is 2.04. The zero-order valence-electron chi connectivity index (χ0n) is 11.6. The van der Waals surface area contributed by atoms with E-state index >= 15 is 0 Å². The molecule has 0 unspecified atom stereocenters. The first kappa shape index (κ1) is 14.8. The van der Waals surface area contributed by atoms with Crippen molar-refractivity contribution in [3.05, 3.63) is 23.8 Å². The van der Waals surface area contributed by atoms with Crippen LogP contribution in [0.2, 0.25) is 0 Å². The van der Waals surface area contributed by atoms with Gasteiger partial charge in [-0.1, -0.05) is 13.0 Å². The van der Waals surface area contributed by atoms with Crippen molar-refractivity contribution >= 4 is 0 Å². The summed E-state index contributed by atoms with van der Waals surface area (Å²) in [7, 11) is 3.34. The van der Waals surface area contributed by atoms with Crippen LogP contribution in [-0.2, 0) is 6.54 Å². The first-order chi connectivity index (χ1) is 8.81. The van der Waals surface area contributed by atoms with Crippen molar-refractivity contribution in [2.45, 2.75) is 19.9 Å². The summed E-state index contributed by atoms with van der Waals surface area (Å²) < 4.78 is 10.5. The van der Waals surface area contributed by atoms with E-state index in [9.17, 15) is 0 Å². The Morgan fingerprint density at radius 1 is 1.00 bits per heavy atom. The van der Waals surface area contributed by atoms with Crippen molar-refractivity contribution in [2.75, 3.05) is 33.9 Å². The van der Waals surface area contributed by atoms with E-state index in [0.29, 0.717) is 0 Å². The molecule has 0 aromatic heterocycles. The van der Waals surface area contributed by atoms with Crippen LogP contribution >= 0.6 is 0 Å². The largest absolute Gasteiger partial charge is 0.497 e. The van der Waals surface area contributed by atoms with Gasteiger partial charge in [0.1, 0.15) is 11.5 Å². The van der Waals surface area contributed by atoms with E-state index in [1.807, 2.05) is 18.2 Å². The minimum absolute atomic E-state index is 0.807. The van der Waals surface area contributed by atoms with Gasteiger partial charge in [0.05, 0.1) is 14.2 Å². The molecule has 1 aromatic carbocycles. The van der Waals surface area contributed by atoms with Gasteiger partial charge in [-0.3, -0.25) is 0 Å². The Labute approximate surface area is 110 Å². The average Bonchev–Trinajstić information content (AvgIpc) is 2.42. The number of hydrogen-bond donors (Lipinski definition) is 2. The lowest BCUT2D eigenvalue weighted by Gasteiger charge is -2.11. The molecule has 102 valence electrons. The number of ether oxygens (including phenoxy) is 2. The zero-order chi connectivity index (χ0) is 13.2. The van der Waals surface area contributed by atoms with Crippen LogP contribution in [0.3, 0.4) is 0 Å². The Bertz CT molecular complexity index is 343. The topological polar surface area (TPSA) is 42.5 Å². The molecule has 0 spiro atoms. The molecule has 0 atom stereocenters. The third-order valence-corrected chi connectivity index (χ3v) is 2.72. The molecule has 0 saturated carbocycles. The number of rotatable bonds is 9. The summed E-state index contributed by atoms with van der Waals surface area (Å²) in [6, 6.07) is 5.89.